The molecule has 2 N–H and O–H groups in total. The van der Waals surface area contributed by atoms with Gasteiger partial charge < -0.3 is 10.6 Å². The van der Waals surface area contributed by atoms with Gasteiger partial charge in [0, 0.05) is 13.6 Å². The highest BCUT2D eigenvalue weighted by molar-refractivity contribution is 7.14. The van der Waals surface area contributed by atoms with E-state index in [2.05, 4.69) is 24.0 Å². The third kappa shape index (κ3) is 4.19. The number of carbonyl (C=O) groups is 1. The van der Waals surface area contributed by atoms with Crippen LogP contribution >= 0.6 is 11.3 Å². The number of rotatable bonds is 3. The molecule has 3 nitrogen and oxygen atoms in total. The Labute approximate surface area is 129 Å². The van der Waals surface area contributed by atoms with Gasteiger partial charge >= 0.3 is 0 Å². The molecule has 0 saturated carbocycles. The first-order chi connectivity index (χ1) is 10.1. The van der Waals surface area contributed by atoms with Crippen LogP contribution in [0.4, 0.5) is 0 Å². The van der Waals surface area contributed by atoms with E-state index >= 15 is 0 Å². The van der Waals surface area contributed by atoms with E-state index in [1.807, 2.05) is 38.2 Å². The van der Waals surface area contributed by atoms with Crippen molar-refractivity contribution in [1.82, 2.24) is 4.90 Å². The number of amides is 1. The maximum atomic E-state index is 12.4. The Morgan fingerprint density at radius 3 is 2.62 bits per heavy atom. The molecule has 2 aromatic rings. The zero-order chi connectivity index (χ0) is 15.2. The molecule has 1 amide bonds. The minimum atomic E-state index is 0.0152. The fourth-order valence-electron chi connectivity index (χ4n) is 1.89. The fraction of sp³-hybridized carbons (Fsp3) is 0.235. The number of nitrogens with zero attached hydrogens (tertiary/aromatic N) is 1. The van der Waals surface area contributed by atoms with Crippen molar-refractivity contribution >= 4 is 17.2 Å². The summed E-state index contributed by atoms with van der Waals surface area (Å²) in [7, 11) is 1.81. The summed E-state index contributed by atoms with van der Waals surface area (Å²) in [6, 6.07) is 11.9. The lowest BCUT2D eigenvalue weighted by Gasteiger charge is -2.16. The molecule has 2 rings (SSSR count). The second kappa shape index (κ2) is 7.07. The number of hydrogen-bond donors (Lipinski definition) is 1. The monoisotopic (exact) mass is 298 g/mol. The van der Waals surface area contributed by atoms with Crippen LogP contribution in [0.1, 0.15) is 25.7 Å². The van der Waals surface area contributed by atoms with Crippen molar-refractivity contribution in [2.24, 2.45) is 5.73 Å². The molecular weight excluding hydrogens is 280 g/mol. The van der Waals surface area contributed by atoms with Gasteiger partial charge in [-0.3, -0.25) is 4.79 Å². The number of aryl methyl sites for hydroxylation is 1. The van der Waals surface area contributed by atoms with Gasteiger partial charge in [0.15, 0.2) is 0 Å². The zero-order valence-corrected chi connectivity index (χ0v) is 13.0. The van der Waals surface area contributed by atoms with Crippen LogP contribution in [-0.2, 0) is 6.54 Å². The quantitative estimate of drug-likeness (QED) is 0.886. The van der Waals surface area contributed by atoms with Gasteiger partial charge in [0.05, 0.1) is 16.3 Å². The Bertz CT molecular complexity index is 677. The summed E-state index contributed by atoms with van der Waals surface area (Å²) in [6.45, 7) is 2.98. The molecular formula is C17H18N2OS. The predicted octanol–water partition coefficient (Wildman–Crippen LogP) is 2.64. The van der Waals surface area contributed by atoms with Crippen molar-refractivity contribution in [3.63, 3.8) is 0 Å². The molecule has 0 radical (unpaired) electrons. The molecule has 1 aromatic heterocycles. The van der Waals surface area contributed by atoms with Crippen molar-refractivity contribution in [2.75, 3.05) is 13.6 Å². The smallest absolute Gasteiger partial charge is 0.264 e. The molecule has 0 aliphatic heterocycles. The summed E-state index contributed by atoms with van der Waals surface area (Å²) < 4.78 is 0. The topological polar surface area (TPSA) is 46.3 Å². The second-order valence-corrected chi connectivity index (χ2v) is 5.90. The van der Waals surface area contributed by atoms with Crippen molar-refractivity contribution in [2.45, 2.75) is 13.5 Å². The van der Waals surface area contributed by atoms with Crippen LogP contribution in [0.15, 0.2) is 36.4 Å². The summed E-state index contributed by atoms with van der Waals surface area (Å²) >= 11 is 1.40. The first-order valence-electron chi connectivity index (χ1n) is 6.70. The minimum Gasteiger partial charge on any atom is -0.337 e. The number of benzene rings is 1. The second-order valence-electron chi connectivity index (χ2n) is 4.82. The van der Waals surface area contributed by atoms with Crippen LogP contribution in [0, 0.1) is 18.8 Å². The van der Waals surface area contributed by atoms with E-state index in [1.165, 1.54) is 16.9 Å². The molecule has 0 bridgehead atoms. The minimum absolute atomic E-state index is 0.0152. The molecule has 0 unspecified atom stereocenters. The first kappa shape index (κ1) is 15.3. The lowest BCUT2D eigenvalue weighted by atomic mass is 10.1. The van der Waals surface area contributed by atoms with E-state index in [0.29, 0.717) is 18.0 Å². The Balaban J connectivity index is 2.05. The number of thiophene rings is 1. The number of carbonyl (C=O) groups excluding carboxylic acids is 1. The SMILES string of the molecule is Cc1ccc(CN(C)C(=O)c2ccc(C#CCN)s2)cc1. The third-order valence-electron chi connectivity index (χ3n) is 3.02. The fourth-order valence-corrected chi connectivity index (χ4v) is 2.76. The van der Waals surface area contributed by atoms with Crippen LogP contribution in [0.2, 0.25) is 0 Å². The van der Waals surface area contributed by atoms with Gasteiger partial charge in [-0.1, -0.05) is 41.7 Å². The molecule has 1 heterocycles. The highest BCUT2D eigenvalue weighted by Gasteiger charge is 2.14. The van der Waals surface area contributed by atoms with Crippen molar-refractivity contribution < 1.29 is 4.79 Å². The van der Waals surface area contributed by atoms with Crippen LogP contribution in [-0.4, -0.2) is 24.4 Å². The van der Waals surface area contributed by atoms with E-state index in [0.717, 1.165) is 10.4 Å². The van der Waals surface area contributed by atoms with E-state index in [9.17, 15) is 4.79 Å². The normalized spacial score (nSPS) is 9.86. The van der Waals surface area contributed by atoms with Gasteiger partial charge in [0.25, 0.3) is 5.91 Å². The van der Waals surface area contributed by atoms with Crippen molar-refractivity contribution in [1.29, 1.82) is 0 Å². The maximum Gasteiger partial charge on any atom is 0.264 e. The molecule has 108 valence electrons. The molecule has 0 saturated heterocycles. The van der Waals surface area contributed by atoms with Crippen LogP contribution in [0.25, 0.3) is 0 Å². The average molecular weight is 298 g/mol. The van der Waals surface area contributed by atoms with Crippen LogP contribution in [0.3, 0.4) is 0 Å². The molecule has 0 spiro atoms. The average Bonchev–Trinajstić information content (AvgIpc) is 2.95. The molecule has 4 heteroatoms. The summed E-state index contributed by atoms with van der Waals surface area (Å²) in [5.41, 5.74) is 7.68. The highest BCUT2D eigenvalue weighted by Crippen LogP contribution is 2.18. The molecule has 0 fully saturated rings. The first-order valence-corrected chi connectivity index (χ1v) is 7.51. The Morgan fingerprint density at radius 2 is 1.95 bits per heavy atom. The highest BCUT2D eigenvalue weighted by atomic mass is 32.1. The Hall–Kier alpha value is -2.09. The van der Waals surface area contributed by atoms with Gasteiger partial charge in [-0.25, -0.2) is 0 Å². The summed E-state index contributed by atoms with van der Waals surface area (Å²) in [5, 5.41) is 0. The largest absolute Gasteiger partial charge is 0.337 e. The van der Waals surface area contributed by atoms with Crippen LogP contribution in [0.5, 0.6) is 0 Å². The molecule has 0 aliphatic rings. The van der Waals surface area contributed by atoms with E-state index in [1.54, 1.807) is 4.90 Å². The molecule has 0 aliphatic carbocycles. The van der Waals surface area contributed by atoms with Crippen molar-refractivity contribution in [3.05, 3.63) is 57.3 Å². The zero-order valence-electron chi connectivity index (χ0n) is 12.2. The molecule has 21 heavy (non-hydrogen) atoms. The number of hydrogen-bond acceptors (Lipinski definition) is 3. The van der Waals surface area contributed by atoms with Crippen molar-refractivity contribution in [3.8, 4) is 11.8 Å². The maximum absolute atomic E-state index is 12.4. The standard InChI is InChI=1S/C17H18N2OS/c1-13-5-7-14(8-6-13)12-19(2)17(20)16-10-9-15(21-16)4-3-11-18/h5-10H,11-12,18H2,1-2H3. The van der Waals surface area contributed by atoms with Crippen LogP contribution < -0.4 is 5.73 Å². The number of nitrogens with two attached hydrogens (primary N) is 1. The Morgan fingerprint density at radius 1 is 1.24 bits per heavy atom. The Kier molecular flexibility index (Phi) is 5.15. The lowest BCUT2D eigenvalue weighted by Crippen LogP contribution is -2.25. The third-order valence-corrected chi connectivity index (χ3v) is 4.01. The predicted molar refractivity (Wildman–Crippen MR) is 87.2 cm³/mol. The van der Waals surface area contributed by atoms with Gasteiger partial charge in [-0.15, -0.1) is 11.3 Å². The lowest BCUT2D eigenvalue weighted by molar-refractivity contribution is 0.0790. The van der Waals surface area contributed by atoms with Gasteiger partial charge in [0.2, 0.25) is 0 Å². The van der Waals surface area contributed by atoms with E-state index in [-0.39, 0.29) is 5.91 Å². The summed E-state index contributed by atoms with van der Waals surface area (Å²) in [5.74, 6) is 5.76. The molecule has 1 aromatic carbocycles. The van der Waals surface area contributed by atoms with Gasteiger partial charge in [0.1, 0.15) is 0 Å². The van der Waals surface area contributed by atoms with Gasteiger partial charge in [-0.05, 0) is 24.6 Å². The summed E-state index contributed by atoms with van der Waals surface area (Å²) in [6.07, 6.45) is 0. The van der Waals surface area contributed by atoms with E-state index < -0.39 is 0 Å². The molecule has 0 atom stereocenters. The van der Waals surface area contributed by atoms with E-state index in [4.69, 9.17) is 5.73 Å². The van der Waals surface area contributed by atoms with Gasteiger partial charge in [-0.2, -0.15) is 0 Å². The summed E-state index contributed by atoms with van der Waals surface area (Å²) in [4.78, 5) is 15.7.